The number of carbonyl (C=O) groups is 1. The van der Waals surface area contributed by atoms with Crippen LogP contribution in [0, 0.1) is 12.8 Å². The van der Waals surface area contributed by atoms with Crippen LogP contribution >= 0.6 is 11.3 Å². The quantitative estimate of drug-likeness (QED) is 0.501. The van der Waals surface area contributed by atoms with E-state index in [1.165, 1.54) is 11.3 Å². The SMILES string of the molecule is CCS(=O)(=O)c1ccc(CC(=O)Nc2nc3c(s2)CN(Cc2ccc(C)nn2)[C@H]3C(C)C)cc1. The number of carbonyl (C=O) groups excluding carboxylic acids is 1. The first-order valence-electron chi connectivity index (χ1n) is 11.3. The first kappa shape index (κ1) is 24.4. The van der Waals surface area contributed by atoms with E-state index in [0.717, 1.165) is 34.1 Å². The summed E-state index contributed by atoms with van der Waals surface area (Å²) in [5.41, 5.74) is 3.60. The van der Waals surface area contributed by atoms with Gasteiger partial charge in [0, 0.05) is 18.0 Å². The lowest BCUT2D eigenvalue weighted by Crippen LogP contribution is -2.26. The number of aryl methyl sites for hydroxylation is 1. The molecule has 1 N–H and O–H groups in total. The van der Waals surface area contributed by atoms with Gasteiger partial charge >= 0.3 is 0 Å². The number of aromatic nitrogens is 3. The number of benzene rings is 1. The molecule has 10 heteroatoms. The number of hydrogen-bond acceptors (Lipinski definition) is 8. The van der Waals surface area contributed by atoms with E-state index in [2.05, 4.69) is 34.3 Å². The van der Waals surface area contributed by atoms with Crippen LogP contribution in [-0.4, -0.2) is 40.2 Å². The lowest BCUT2D eigenvalue weighted by atomic mass is 10.0. The van der Waals surface area contributed by atoms with Gasteiger partial charge in [-0.1, -0.05) is 32.9 Å². The second kappa shape index (κ2) is 9.89. The monoisotopic (exact) mass is 499 g/mol. The highest BCUT2D eigenvalue weighted by Gasteiger charge is 2.36. The maximum Gasteiger partial charge on any atom is 0.230 e. The third kappa shape index (κ3) is 5.34. The molecule has 0 radical (unpaired) electrons. The molecular formula is C24H29N5O3S2. The van der Waals surface area contributed by atoms with Gasteiger partial charge in [0.25, 0.3) is 0 Å². The van der Waals surface area contributed by atoms with Gasteiger partial charge in [-0.3, -0.25) is 9.69 Å². The van der Waals surface area contributed by atoms with Crippen molar-refractivity contribution < 1.29 is 13.2 Å². The number of fused-ring (bicyclic) bond motifs is 1. The van der Waals surface area contributed by atoms with Crippen LogP contribution in [0.4, 0.5) is 5.13 Å². The molecule has 1 aliphatic rings. The smallest absolute Gasteiger partial charge is 0.230 e. The van der Waals surface area contributed by atoms with Crippen molar-refractivity contribution in [1.29, 1.82) is 0 Å². The Balaban J connectivity index is 1.41. The van der Waals surface area contributed by atoms with Crippen LogP contribution < -0.4 is 5.32 Å². The molecule has 2 aromatic heterocycles. The zero-order chi connectivity index (χ0) is 24.5. The fraction of sp³-hybridized carbons (Fsp3) is 0.417. The summed E-state index contributed by atoms with van der Waals surface area (Å²) in [7, 11) is -3.25. The summed E-state index contributed by atoms with van der Waals surface area (Å²) >= 11 is 1.51. The number of anilines is 1. The molecule has 34 heavy (non-hydrogen) atoms. The number of hydrogen-bond donors (Lipinski definition) is 1. The lowest BCUT2D eigenvalue weighted by Gasteiger charge is -2.27. The van der Waals surface area contributed by atoms with Crippen LogP contribution in [0.1, 0.15) is 54.3 Å². The standard InChI is InChI=1S/C24H29N5O3S2/c1-5-34(31,32)19-10-7-17(8-11-19)12-21(30)25-24-26-22-20(33-24)14-29(23(22)15(2)3)13-18-9-6-16(4)27-28-18/h6-11,15,23H,5,12-14H2,1-4H3,(H,25,26,30)/t23-/m0/s1. The van der Waals surface area contributed by atoms with Gasteiger partial charge < -0.3 is 5.32 Å². The fourth-order valence-corrected chi connectivity index (χ4v) is 6.09. The Morgan fingerprint density at radius 3 is 2.53 bits per heavy atom. The maximum absolute atomic E-state index is 12.6. The van der Waals surface area contributed by atoms with Gasteiger partial charge in [-0.15, -0.1) is 11.3 Å². The molecule has 1 aliphatic heterocycles. The number of thiazole rings is 1. The minimum absolute atomic E-state index is 0.0504. The Morgan fingerprint density at radius 1 is 1.18 bits per heavy atom. The lowest BCUT2D eigenvalue weighted by molar-refractivity contribution is -0.115. The van der Waals surface area contributed by atoms with Crippen molar-refractivity contribution >= 4 is 32.2 Å². The Kier molecular flexibility index (Phi) is 7.11. The normalized spacial score (nSPS) is 16.1. The van der Waals surface area contributed by atoms with Crippen LogP contribution in [0.25, 0.3) is 0 Å². The summed E-state index contributed by atoms with van der Waals surface area (Å²) < 4.78 is 23.9. The predicted molar refractivity (Wildman–Crippen MR) is 132 cm³/mol. The molecule has 4 rings (SSSR count). The van der Waals surface area contributed by atoms with E-state index in [4.69, 9.17) is 4.98 Å². The van der Waals surface area contributed by atoms with Crippen LogP contribution in [0.2, 0.25) is 0 Å². The third-order valence-corrected chi connectivity index (χ3v) is 8.59. The number of rotatable bonds is 8. The molecule has 1 aromatic carbocycles. The molecule has 0 spiro atoms. The second-order valence-corrected chi connectivity index (χ2v) is 12.2. The highest BCUT2D eigenvalue weighted by Crippen LogP contribution is 2.42. The van der Waals surface area contributed by atoms with Gasteiger partial charge in [0.1, 0.15) is 0 Å². The van der Waals surface area contributed by atoms with Gasteiger partial charge in [0.15, 0.2) is 15.0 Å². The number of amides is 1. The van der Waals surface area contributed by atoms with E-state index in [0.29, 0.717) is 17.6 Å². The van der Waals surface area contributed by atoms with Crippen molar-refractivity contribution in [3.8, 4) is 0 Å². The number of sulfone groups is 1. The van der Waals surface area contributed by atoms with E-state index >= 15 is 0 Å². The first-order chi connectivity index (χ1) is 16.2. The Labute approximate surface area is 204 Å². The van der Waals surface area contributed by atoms with Gasteiger partial charge in [-0.25, -0.2) is 13.4 Å². The molecule has 0 bridgehead atoms. The van der Waals surface area contributed by atoms with Crippen LogP contribution in [0.5, 0.6) is 0 Å². The molecule has 8 nitrogen and oxygen atoms in total. The molecule has 3 heterocycles. The van der Waals surface area contributed by atoms with Crippen LogP contribution in [0.3, 0.4) is 0 Å². The second-order valence-electron chi connectivity index (χ2n) is 8.86. The molecule has 0 saturated carbocycles. The Morgan fingerprint density at radius 2 is 1.91 bits per heavy atom. The van der Waals surface area contributed by atoms with Crippen molar-refractivity contribution in [1.82, 2.24) is 20.1 Å². The summed E-state index contributed by atoms with van der Waals surface area (Å²) in [4.78, 5) is 21.2. The summed E-state index contributed by atoms with van der Waals surface area (Å²) in [5, 5.41) is 12.0. The topological polar surface area (TPSA) is 105 Å². The van der Waals surface area contributed by atoms with E-state index in [-0.39, 0.29) is 29.0 Å². The van der Waals surface area contributed by atoms with E-state index in [1.807, 2.05) is 19.1 Å². The van der Waals surface area contributed by atoms with E-state index < -0.39 is 9.84 Å². The minimum atomic E-state index is -3.25. The highest BCUT2D eigenvalue weighted by atomic mass is 32.2. The molecule has 1 amide bonds. The average molecular weight is 500 g/mol. The number of nitrogens with zero attached hydrogens (tertiary/aromatic N) is 4. The Bertz CT molecular complexity index is 1270. The van der Waals surface area contributed by atoms with Crippen molar-refractivity contribution in [2.24, 2.45) is 5.92 Å². The highest BCUT2D eigenvalue weighted by molar-refractivity contribution is 7.91. The fourth-order valence-electron chi connectivity index (χ4n) is 4.16. The van der Waals surface area contributed by atoms with E-state index in [9.17, 15) is 13.2 Å². The van der Waals surface area contributed by atoms with Gasteiger partial charge in [-0.05, 0) is 42.7 Å². The third-order valence-electron chi connectivity index (χ3n) is 5.87. The van der Waals surface area contributed by atoms with Gasteiger partial charge in [0.05, 0.1) is 40.2 Å². The van der Waals surface area contributed by atoms with Crippen molar-refractivity contribution in [2.75, 3.05) is 11.1 Å². The van der Waals surface area contributed by atoms with Crippen LogP contribution in [-0.2, 0) is 34.1 Å². The molecular weight excluding hydrogens is 470 g/mol. The van der Waals surface area contributed by atoms with Crippen molar-refractivity contribution in [3.05, 3.63) is 63.9 Å². The maximum atomic E-state index is 12.6. The van der Waals surface area contributed by atoms with Crippen molar-refractivity contribution in [2.45, 2.75) is 58.1 Å². The zero-order valence-corrected chi connectivity index (χ0v) is 21.4. The molecule has 0 aliphatic carbocycles. The zero-order valence-electron chi connectivity index (χ0n) is 19.8. The Hall–Kier alpha value is -2.69. The average Bonchev–Trinajstić information content (AvgIpc) is 3.31. The summed E-state index contributed by atoms with van der Waals surface area (Å²) in [6, 6.07) is 10.6. The van der Waals surface area contributed by atoms with Gasteiger partial charge in [0.2, 0.25) is 5.91 Å². The summed E-state index contributed by atoms with van der Waals surface area (Å²) in [6.07, 6.45) is 0.155. The molecule has 3 aromatic rings. The largest absolute Gasteiger partial charge is 0.302 e. The minimum Gasteiger partial charge on any atom is -0.302 e. The summed E-state index contributed by atoms with van der Waals surface area (Å²) in [6.45, 7) is 9.34. The summed E-state index contributed by atoms with van der Waals surface area (Å²) in [5.74, 6) is 0.226. The van der Waals surface area contributed by atoms with E-state index in [1.54, 1.807) is 31.2 Å². The molecule has 0 unspecified atom stereocenters. The molecule has 1 atom stereocenters. The number of nitrogens with one attached hydrogen (secondary N) is 1. The first-order valence-corrected chi connectivity index (χ1v) is 13.8. The molecule has 0 fully saturated rings. The molecule has 0 saturated heterocycles. The molecule has 180 valence electrons. The predicted octanol–water partition coefficient (Wildman–Crippen LogP) is 3.93. The van der Waals surface area contributed by atoms with Gasteiger partial charge in [-0.2, -0.15) is 10.2 Å². The van der Waals surface area contributed by atoms with Crippen molar-refractivity contribution in [3.63, 3.8) is 0 Å². The van der Waals surface area contributed by atoms with Crippen LogP contribution in [0.15, 0.2) is 41.3 Å².